The summed E-state index contributed by atoms with van der Waals surface area (Å²) in [6.45, 7) is 5.62. The third-order valence-corrected chi connectivity index (χ3v) is 2.06. The summed E-state index contributed by atoms with van der Waals surface area (Å²) in [5, 5.41) is 0.583. The summed E-state index contributed by atoms with van der Waals surface area (Å²) in [5.41, 5.74) is 0.628. The molecule has 0 N–H and O–H groups in total. The Hall–Kier alpha value is -0.0500. The zero-order valence-electron chi connectivity index (χ0n) is 6.31. The fourth-order valence-electron chi connectivity index (χ4n) is 0.799. The minimum Gasteiger partial charge on any atom is -0.206 e. The van der Waals surface area contributed by atoms with Crippen molar-refractivity contribution in [1.29, 1.82) is 0 Å². The van der Waals surface area contributed by atoms with Gasteiger partial charge in [0.1, 0.15) is 10.3 Å². The van der Waals surface area contributed by atoms with E-state index in [4.69, 9.17) is 34.8 Å². The van der Waals surface area contributed by atoms with Gasteiger partial charge in [-0.2, -0.15) is 0 Å². The average Bonchev–Trinajstić information content (AvgIpc) is 1.82. The summed E-state index contributed by atoms with van der Waals surface area (Å²) in [7, 11) is 0. The van der Waals surface area contributed by atoms with Crippen molar-refractivity contribution < 1.29 is 0 Å². The van der Waals surface area contributed by atoms with Crippen molar-refractivity contribution in [2.24, 2.45) is 0 Å². The van der Waals surface area contributed by atoms with E-state index in [9.17, 15) is 0 Å². The van der Waals surface area contributed by atoms with E-state index < -0.39 is 0 Å². The lowest BCUT2D eigenvalue weighted by molar-refractivity contribution is 0.929. The highest BCUT2D eigenvalue weighted by atomic mass is 35.5. The van der Waals surface area contributed by atoms with Crippen LogP contribution in [0.5, 0.6) is 0 Å². The second kappa shape index (κ2) is 3.77. The monoisotopic (exact) mass is 223 g/mol. The van der Waals surface area contributed by atoms with Crippen molar-refractivity contribution in [2.45, 2.75) is 12.8 Å². The molecule has 0 bridgehead atoms. The van der Waals surface area contributed by atoms with E-state index in [0.717, 1.165) is 0 Å². The second-order valence-electron chi connectivity index (χ2n) is 2.39. The predicted molar refractivity (Wildman–Crippen MR) is 50.8 cm³/mol. The first-order chi connectivity index (χ1) is 5.52. The molecule has 0 spiro atoms. The molecule has 65 valence electrons. The Kier molecular flexibility index (Phi) is 3.16. The van der Waals surface area contributed by atoms with Gasteiger partial charge in [0.05, 0.1) is 0 Å². The molecule has 0 aliphatic carbocycles. The smallest absolute Gasteiger partial charge is 0.206 e. The third kappa shape index (κ3) is 2.00. The Bertz CT molecular complexity index is 276. The highest BCUT2D eigenvalue weighted by Gasteiger charge is 2.13. The third-order valence-electron chi connectivity index (χ3n) is 1.32. The number of hydrogen-bond acceptors (Lipinski definition) is 2. The molecule has 1 aromatic rings. The molecule has 0 aliphatic heterocycles. The Balaban J connectivity index is 3.28. The van der Waals surface area contributed by atoms with Crippen LogP contribution in [0, 0.1) is 6.92 Å². The number of halogens is 3. The summed E-state index contributed by atoms with van der Waals surface area (Å²) >= 11 is 17.1. The minimum atomic E-state index is -0.0535. The van der Waals surface area contributed by atoms with Crippen molar-refractivity contribution in [1.82, 2.24) is 9.97 Å². The van der Waals surface area contributed by atoms with Crippen LogP contribution in [0.15, 0.2) is 0 Å². The minimum absolute atomic E-state index is 0.0504. The van der Waals surface area contributed by atoms with Crippen LogP contribution in [0.2, 0.25) is 15.6 Å². The van der Waals surface area contributed by atoms with Gasteiger partial charge in [0.25, 0.3) is 0 Å². The predicted octanol–water partition coefficient (Wildman–Crippen LogP) is 3.37. The fraction of sp³-hybridized carbons (Fsp3) is 0.286. The molecule has 1 rings (SSSR count). The normalized spacial score (nSPS) is 10.8. The maximum atomic E-state index is 5.77. The van der Waals surface area contributed by atoms with E-state index in [-0.39, 0.29) is 21.5 Å². The van der Waals surface area contributed by atoms with Crippen molar-refractivity contribution >= 4 is 34.8 Å². The van der Waals surface area contributed by atoms with Crippen LogP contribution in [-0.4, -0.2) is 9.97 Å². The van der Waals surface area contributed by atoms with Crippen LogP contribution in [0.4, 0.5) is 0 Å². The summed E-state index contributed by atoms with van der Waals surface area (Å²) in [6, 6.07) is 0. The van der Waals surface area contributed by atoms with E-state index in [0.29, 0.717) is 5.56 Å². The average molecular weight is 224 g/mol. The Morgan fingerprint density at radius 2 is 1.58 bits per heavy atom. The molecule has 0 saturated carbocycles. The summed E-state index contributed by atoms with van der Waals surface area (Å²) in [5.74, 6) is -0.0535. The highest BCUT2D eigenvalue weighted by molar-refractivity contribution is 6.36. The number of hydrogen-bond donors (Lipinski definition) is 0. The fourth-order valence-corrected chi connectivity index (χ4v) is 1.81. The van der Waals surface area contributed by atoms with Crippen LogP contribution >= 0.6 is 34.8 Å². The first-order valence-electron chi connectivity index (χ1n) is 3.24. The lowest BCUT2D eigenvalue weighted by Crippen LogP contribution is -1.96. The van der Waals surface area contributed by atoms with Gasteiger partial charge in [0.15, 0.2) is 0 Å². The van der Waals surface area contributed by atoms with Gasteiger partial charge in [-0.15, -0.1) is 0 Å². The van der Waals surface area contributed by atoms with E-state index in [1.54, 1.807) is 0 Å². The quantitative estimate of drug-likeness (QED) is 0.540. The van der Waals surface area contributed by atoms with Gasteiger partial charge in [0, 0.05) is 5.56 Å². The molecule has 1 radical (unpaired) electrons. The molecule has 1 atom stereocenters. The molecule has 0 amide bonds. The van der Waals surface area contributed by atoms with Crippen LogP contribution in [0.25, 0.3) is 0 Å². The molecule has 0 aliphatic rings. The van der Waals surface area contributed by atoms with E-state index in [1.165, 1.54) is 0 Å². The Morgan fingerprint density at radius 1 is 1.17 bits per heavy atom. The molecule has 2 nitrogen and oxygen atoms in total. The molecular weight excluding hydrogens is 218 g/mol. The molecule has 0 aromatic carbocycles. The van der Waals surface area contributed by atoms with Crippen LogP contribution < -0.4 is 0 Å². The number of aromatic nitrogens is 2. The molecule has 0 fully saturated rings. The highest BCUT2D eigenvalue weighted by Crippen LogP contribution is 2.29. The van der Waals surface area contributed by atoms with Crippen molar-refractivity contribution in [3.05, 3.63) is 28.1 Å². The van der Waals surface area contributed by atoms with Gasteiger partial charge in [0.2, 0.25) is 5.28 Å². The SMILES string of the molecule is [CH2]C(C)c1c(Cl)nc(Cl)nc1Cl. The van der Waals surface area contributed by atoms with Gasteiger partial charge in [-0.25, -0.2) is 9.97 Å². The van der Waals surface area contributed by atoms with Gasteiger partial charge >= 0.3 is 0 Å². The lowest BCUT2D eigenvalue weighted by Gasteiger charge is -2.08. The maximum absolute atomic E-state index is 5.77. The standard InChI is InChI=1S/C7H6Cl3N2/c1-3(2)4-5(8)11-7(10)12-6(4)9/h3H,1H2,2H3. The van der Waals surface area contributed by atoms with E-state index in [2.05, 4.69) is 16.9 Å². The molecule has 1 aromatic heterocycles. The summed E-state index contributed by atoms with van der Waals surface area (Å²) in [4.78, 5) is 7.50. The molecule has 5 heteroatoms. The second-order valence-corrected chi connectivity index (χ2v) is 3.44. The molecule has 12 heavy (non-hydrogen) atoms. The summed E-state index contributed by atoms with van der Waals surface area (Å²) in [6.07, 6.45) is 0. The maximum Gasteiger partial charge on any atom is 0.225 e. The zero-order valence-corrected chi connectivity index (χ0v) is 8.58. The largest absolute Gasteiger partial charge is 0.225 e. The van der Waals surface area contributed by atoms with Crippen molar-refractivity contribution in [2.75, 3.05) is 0 Å². The van der Waals surface area contributed by atoms with Crippen molar-refractivity contribution in [3.63, 3.8) is 0 Å². The molecule has 0 saturated heterocycles. The van der Waals surface area contributed by atoms with Crippen LogP contribution in [0.3, 0.4) is 0 Å². The molecular formula is C7H6Cl3N2. The number of nitrogens with zero attached hydrogens (tertiary/aromatic N) is 2. The molecule has 1 heterocycles. The Labute approximate surface area is 85.9 Å². The van der Waals surface area contributed by atoms with Gasteiger partial charge in [-0.3, -0.25) is 0 Å². The van der Waals surface area contributed by atoms with Gasteiger partial charge in [-0.05, 0) is 24.4 Å². The lowest BCUT2D eigenvalue weighted by atomic mass is 10.1. The van der Waals surface area contributed by atoms with Gasteiger partial charge in [-0.1, -0.05) is 30.1 Å². The van der Waals surface area contributed by atoms with Crippen LogP contribution in [0.1, 0.15) is 18.4 Å². The van der Waals surface area contributed by atoms with E-state index >= 15 is 0 Å². The number of rotatable bonds is 1. The van der Waals surface area contributed by atoms with Crippen molar-refractivity contribution in [3.8, 4) is 0 Å². The zero-order chi connectivity index (χ0) is 9.30. The topological polar surface area (TPSA) is 25.8 Å². The first-order valence-corrected chi connectivity index (χ1v) is 4.37. The van der Waals surface area contributed by atoms with Gasteiger partial charge < -0.3 is 0 Å². The van der Waals surface area contributed by atoms with E-state index in [1.807, 2.05) is 6.92 Å². The van der Waals surface area contributed by atoms with Crippen LogP contribution in [-0.2, 0) is 0 Å². The Morgan fingerprint density at radius 3 is 1.92 bits per heavy atom. The molecule has 1 unspecified atom stereocenters. The summed E-state index contributed by atoms with van der Waals surface area (Å²) < 4.78 is 0. The first kappa shape index (κ1) is 10.0.